The summed E-state index contributed by atoms with van der Waals surface area (Å²) in [6.07, 6.45) is 7.73. The molecule has 0 N–H and O–H groups in total. The highest BCUT2D eigenvalue weighted by molar-refractivity contribution is 7.92. The van der Waals surface area contributed by atoms with Gasteiger partial charge in [0.15, 0.2) is 23.1 Å². The summed E-state index contributed by atoms with van der Waals surface area (Å²) in [6.45, 7) is 20.8. The lowest BCUT2D eigenvalue weighted by Gasteiger charge is -2.32. The van der Waals surface area contributed by atoms with Crippen molar-refractivity contribution in [3.63, 3.8) is 0 Å². The second-order valence-corrected chi connectivity index (χ2v) is 31.5. The van der Waals surface area contributed by atoms with Crippen molar-refractivity contribution in [3.05, 3.63) is 161 Å². The number of hydrogen-bond donors (Lipinski definition) is 0. The van der Waals surface area contributed by atoms with Gasteiger partial charge in [0.1, 0.15) is 39.3 Å². The van der Waals surface area contributed by atoms with Gasteiger partial charge in [-0.2, -0.15) is 10.2 Å². The topological polar surface area (TPSA) is 225 Å². The van der Waals surface area contributed by atoms with Crippen LogP contribution in [0, 0.1) is 11.6 Å². The molecule has 0 unspecified atom stereocenters. The Bertz CT molecular complexity index is 5540. The normalized spacial score (nSPS) is 14.7. The number of fused-ring (bicyclic) bond motifs is 12. The number of ketones is 2. The lowest BCUT2D eigenvalue weighted by molar-refractivity contribution is 0.00578. The Balaban J connectivity index is 0.000000145. The third kappa shape index (κ3) is 12.1. The molecule has 0 bridgehead atoms. The summed E-state index contributed by atoms with van der Waals surface area (Å²) >= 11 is 5.98. The zero-order valence-corrected chi connectivity index (χ0v) is 60.4. The van der Waals surface area contributed by atoms with Gasteiger partial charge < -0.3 is 27.3 Å². The number of pyridine rings is 2. The molecule has 518 valence electrons. The summed E-state index contributed by atoms with van der Waals surface area (Å²) in [5, 5.41) is 11.6. The largest absolute Gasteiger partial charge is 0.497 e. The van der Waals surface area contributed by atoms with Crippen molar-refractivity contribution < 1.29 is 53.3 Å². The molecule has 3 aliphatic heterocycles. The van der Waals surface area contributed by atoms with E-state index in [1.165, 1.54) is 40.4 Å². The first-order valence-electron chi connectivity index (χ1n) is 33.1. The second-order valence-electron chi connectivity index (χ2n) is 27.1. The maximum absolute atomic E-state index is 14.8. The van der Waals surface area contributed by atoms with Gasteiger partial charge in [-0.3, -0.25) is 27.6 Å². The number of aromatic nitrogens is 8. The Hall–Kier alpha value is -9.27. The van der Waals surface area contributed by atoms with Gasteiger partial charge >= 0.3 is 7.12 Å². The van der Waals surface area contributed by atoms with Gasteiger partial charge in [0.2, 0.25) is 20.0 Å². The Kier molecular flexibility index (Phi) is 17.8. The second kappa shape index (κ2) is 25.7. The molecular weight excluding hydrogens is 1340 g/mol. The van der Waals surface area contributed by atoms with E-state index >= 15 is 0 Å². The minimum absolute atomic E-state index is 0.0130. The molecule has 1 saturated heterocycles. The van der Waals surface area contributed by atoms with Crippen LogP contribution in [0.2, 0.25) is 5.15 Å². The number of halogens is 3. The lowest BCUT2D eigenvalue weighted by atomic mass is 9.76. The molecule has 0 saturated carbocycles. The summed E-state index contributed by atoms with van der Waals surface area (Å²) in [4.78, 5) is 36.2. The van der Waals surface area contributed by atoms with Crippen LogP contribution in [0.15, 0.2) is 130 Å². The first-order chi connectivity index (χ1) is 47.3. The van der Waals surface area contributed by atoms with E-state index in [-0.39, 0.29) is 48.1 Å². The number of sulfonamides is 2. The molecule has 15 rings (SSSR count). The Morgan fingerprint density at radius 3 is 1.51 bits per heavy atom. The molecule has 0 amide bonds. The van der Waals surface area contributed by atoms with Crippen LogP contribution in [0.3, 0.4) is 0 Å². The van der Waals surface area contributed by atoms with Crippen LogP contribution in [-0.2, 0) is 55.3 Å². The number of carbonyl (C=O) groups excluding carboxylic acids is 2. The summed E-state index contributed by atoms with van der Waals surface area (Å²) < 4.78 is 115. The van der Waals surface area contributed by atoms with Crippen molar-refractivity contribution in [1.82, 2.24) is 38.7 Å². The molecule has 1 fully saturated rings. The maximum Gasteiger partial charge on any atom is 0.497 e. The molecule has 0 spiro atoms. The molecule has 0 aliphatic carbocycles. The van der Waals surface area contributed by atoms with Gasteiger partial charge in [0.05, 0.1) is 85.7 Å². The van der Waals surface area contributed by atoms with Crippen LogP contribution >= 0.6 is 11.6 Å². The highest BCUT2D eigenvalue weighted by atomic mass is 35.5. The Labute approximate surface area is 583 Å². The number of anilines is 2. The summed E-state index contributed by atoms with van der Waals surface area (Å²) in [6, 6.07) is 32.1. The van der Waals surface area contributed by atoms with Gasteiger partial charge in [-0.1, -0.05) is 49.7 Å². The monoisotopic (exact) mass is 1410 g/mol. The first-order valence-corrected chi connectivity index (χ1v) is 37.2. The number of benzene rings is 4. The van der Waals surface area contributed by atoms with E-state index in [1.54, 1.807) is 78.1 Å². The SMILES string of the molecule is CCC(=O)c1c(-c2ccnn2C(C)C)oc2cc(N(C)S(C)(=O)=O)c(-c3ccc4c(n3)-c3cc5c(F)cccc5n3CC4)cc12.CCC(=O)c1c(-c2ccnn2C(C)C)oc2cc(N(C)S(C)(=O)=O)c(B3OC(C)(C)C(C)(C)O3)cc12.Fc1cccc2c1cc1n2CCc2ccc(Cl)nc2-1. The first kappa shape index (κ1) is 69.2. The number of rotatable bonds is 14. The fourth-order valence-electron chi connectivity index (χ4n) is 13.4. The average Bonchev–Trinajstić information content (AvgIpc) is 1.57. The molecule has 0 radical (unpaired) electrons. The van der Waals surface area contributed by atoms with Gasteiger partial charge in [-0.25, -0.2) is 35.6 Å². The maximum atomic E-state index is 14.8. The molecule has 26 heteroatoms. The van der Waals surface area contributed by atoms with E-state index in [2.05, 4.69) is 24.3 Å². The molecular formula is C74H76BClF2N10O10S2. The zero-order chi connectivity index (χ0) is 71.6. The van der Waals surface area contributed by atoms with Crippen molar-refractivity contribution in [2.75, 3.05) is 35.2 Å². The van der Waals surface area contributed by atoms with Crippen molar-refractivity contribution in [3.8, 4) is 56.9 Å². The van der Waals surface area contributed by atoms with Crippen molar-refractivity contribution in [2.24, 2.45) is 0 Å². The van der Waals surface area contributed by atoms with Gasteiger partial charge in [0.25, 0.3) is 0 Å². The molecule has 0 atom stereocenters. The predicted molar refractivity (Wildman–Crippen MR) is 389 cm³/mol. The van der Waals surface area contributed by atoms with Crippen molar-refractivity contribution in [1.29, 1.82) is 0 Å². The summed E-state index contributed by atoms with van der Waals surface area (Å²) in [7, 11) is -5.20. The molecule has 4 aromatic carbocycles. The van der Waals surface area contributed by atoms with Crippen LogP contribution in [-0.4, -0.2) is 112 Å². The molecule has 3 aliphatic rings. The number of Topliss-reactive ketones (excluding diaryl/α,β-unsaturated/α-hetero) is 2. The number of aryl methyl sites for hydroxylation is 4. The van der Waals surface area contributed by atoms with Crippen molar-refractivity contribution in [2.45, 2.75) is 131 Å². The van der Waals surface area contributed by atoms with Crippen LogP contribution < -0.4 is 14.1 Å². The predicted octanol–water partition coefficient (Wildman–Crippen LogP) is 15.5. The third-order valence-corrected chi connectivity index (χ3v) is 22.1. The standard InChI is InChI=1S/C34H32FN5O4S.C25H34BN3O6S.C15H10ClFN2/c1-6-30(41)32-23-16-22(25-11-10-20-13-15-39-26-9-7-8-24(35)21(26)17-29(39)33(20)37-25)28(38(4)45(5,42)43)18-31(23)44-34(32)27-12-14-36-40(27)19(2)3;1-10-20(30)22-16-13-17(26-34-24(4,5)25(6,7)35-26)19(28(8)36(9,31)32)14-21(16)33-23(22)18-11-12-27-29(18)15(2)3;16-14-5-4-9-6-7-19-12-3-1-2-11(17)10(12)8-13(19)15(9)18-14/h7-12,14,16-19H,6,13,15H2,1-5H3;11-15H,10H2,1-9H3;1-5,8H,6-7H2. The average molecular weight is 1410 g/mol. The Morgan fingerprint density at radius 1 is 0.590 bits per heavy atom. The number of hydrogen-bond acceptors (Lipinski definition) is 14. The van der Waals surface area contributed by atoms with Crippen LogP contribution in [0.5, 0.6) is 0 Å². The van der Waals surface area contributed by atoms with E-state index < -0.39 is 38.4 Å². The smallest absolute Gasteiger partial charge is 0.454 e. The van der Waals surface area contributed by atoms with E-state index in [0.29, 0.717) is 112 Å². The van der Waals surface area contributed by atoms with Gasteiger partial charge in [0, 0.05) is 109 Å². The van der Waals surface area contributed by atoms with Crippen LogP contribution in [0.1, 0.15) is 126 Å². The highest BCUT2D eigenvalue weighted by Crippen LogP contribution is 2.46. The van der Waals surface area contributed by atoms with E-state index in [4.69, 9.17) is 34.7 Å². The van der Waals surface area contributed by atoms with E-state index in [0.717, 1.165) is 65.6 Å². The summed E-state index contributed by atoms with van der Waals surface area (Å²) in [5.41, 5.74) is 11.2. The van der Waals surface area contributed by atoms with Crippen LogP contribution in [0.4, 0.5) is 20.2 Å². The van der Waals surface area contributed by atoms with Gasteiger partial charge in [-0.05, 0) is 152 Å². The Morgan fingerprint density at radius 2 is 1.04 bits per heavy atom. The minimum atomic E-state index is -3.69. The molecule has 20 nitrogen and oxygen atoms in total. The van der Waals surface area contributed by atoms with Crippen molar-refractivity contribution >= 4 is 111 Å². The zero-order valence-electron chi connectivity index (χ0n) is 58.0. The molecule has 11 heterocycles. The fourth-order valence-corrected chi connectivity index (χ4v) is 14.6. The fraction of sp³-hybridized carbons (Fsp3) is 0.324. The highest BCUT2D eigenvalue weighted by Gasteiger charge is 2.53. The number of furan rings is 2. The summed E-state index contributed by atoms with van der Waals surface area (Å²) in [5.74, 6) is 0.102. The molecule has 100 heavy (non-hydrogen) atoms. The number of nitrogens with zero attached hydrogens (tertiary/aromatic N) is 10. The van der Waals surface area contributed by atoms with E-state index in [1.807, 2.05) is 110 Å². The lowest BCUT2D eigenvalue weighted by Crippen LogP contribution is -2.41. The molecule has 12 aromatic rings. The van der Waals surface area contributed by atoms with E-state index in [9.17, 15) is 35.2 Å². The minimum Gasteiger partial charge on any atom is -0.454 e. The van der Waals surface area contributed by atoms with Gasteiger partial charge in [-0.15, -0.1) is 0 Å². The number of carbonyl (C=O) groups is 2. The quantitative estimate of drug-likeness (QED) is 0.0561. The van der Waals surface area contributed by atoms with Crippen LogP contribution in [0.25, 0.3) is 101 Å². The molecule has 8 aromatic heterocycles. The third-order valence-electron chi connectivity index (χ3n) is 19.5.